The number of anilines is 2. The van der Waals surface area contributed by atoms with Crippen LogP contribution in [0.4, 0.5) is 11.5 Å². The maximum atomic E-state index is 12.9. The second-order valence-electron chi connectivity index (χ2n) is 10.4. The van der Waals surface area contributed by atoms with E-state index < -0.39 is 11.6 Å². The summed E-state index contributed by atoms with van der Waals surface area (Å²) >= 11 is 0. The van der Waals surface area contributed by atoms with Crippen LogP contribution in [0.2, 0.25) is 0 Å². The molecular formula is C33H33N3O5. The first-order valence-electron chi connectivity index (χ1n) is 13.3. The highest BCUT2D eigenvalue weighted by Gasteiger charge is 2.16. The predicted octanol–water partition coefficient (Wildman–Crippen LogP) is 6.24. The number of pyridine rings is 1. The van der Waals surface area contributed by atoms with E-state index in [-0.39, 0.29) is 24.7 Å². The average molecular weight is 552 g/mol. The van der Waals surface area contributed by atoms with Crippen molar-refractivity contribution in [3.63, 3.8) is 0 Å². The molecule has 41 heavy (non-hydrogen) atoms. The number of esters is 1. The molecular weight excluding hydrogens is 518 g/mol. The molecule has 4 rings (SSSR count). The first-order chi connectivity index (χ1) is 19.7. The Morgan fingerprint density at radius 3 is 2.22 bits per heavy atom. The maximum Gasteiger partial charge on any atom is 0.332 e. The molecule has 0 aliphatic heterocycles. The Morgan fingerprint density at radius 2 is 1.49 bits per heavy atom. The Morgan fingerprint density at radius 1 is 0.780 bits per heavy atom. The van der Waals surface area contributed by atoms with Crippen LogP contribution in [0, 0.1) is 0 Å². The van der Waals surface area contributed by atoms with Crippen molar-refractivity contribution in [1.29, 1.82) is 0 Å². The SMILES string of the molecule is CC(C)(C)OC(=O)CNc1cccc(-c2ccc(CCC(=O)ONc3ccccc3C(=O)c3ccccc3)cc2)n1. The van der Waals surface area contributed by atoms with Crippen molar-refractivity contribution in [2.24, 2.45) is 0 Å². The third-order valence-electron chi connectivity index (χ3n) is 5.93. The van der Waals surface area contributed by atoms with Crippen molar-refractivity contribution in [3.8, 4) is 11.3 Å². The molecule has 3 aromatic carbocycles. The number of benzene rings is 3. The first-order valence-corrected chi connectivity index (χ1v) is 13.3. The van der Waals surface area contributed by atoms with Crippen LogP contribution in [-0.4, -0.2) is 34.9 Å². The normalized spacial score (nSPS) is 10.9. The molecule has 8 heteroatoms. The first kappa shape index (κ1) is 29.0. The molecule has 0 atom stereocenters. The molecule has 0 bridgehead atoms. The third kappa shape index (κ3) is 8.76. The number of aryl methyl sites for hydroxylation is 1. The van der Waals surface area contributed by atoms with Crippen LogP contribution in [0.25, 0.3) is 11.3 Å². The van der Waals surface area contributed by atoms with Crippen LogP contribution >= 0.6 is 0 Å². The van der Waals surface area contributed by atoms with Gasteiger partial charge in [0.05, 0.1) is 17.8 Å². The van der Waals surface area contributed by atoms with Crippen molar-refractivity contribution in [3.05, 3.63) is 114 Å². The lowest BCUT2D eigenvalue weighted by Gasteiger charge is -2.19. The van der Waals surface area contributed by atoms with Gasteiger partial charge in [0.15, 0.2) is 5.78 Å². The molecule has 0 unspecified atom stereocenters. The number of hydrogen-bond donors (Lipinski definition) is 2. The summed E-state index contributed by atoms with van der Waals surface area (Å²) in [6.45, 7) is 5.49. The van der Waals surface area contributed by atoms with E-state index >= 15 is 0 Å². The minimum Gasteiger partial charge on any atom is -0.459 e. The Bertz CT molecular complexity index is 1500. The van der Waals surface area contributed by atoms with Crippen LogP contribution in [0.3, 0.4) is 0 Å². The van der Waals surface area contributed by atoms with Crippen LogP contribution in [-0.2, 0) is 25.6 Å². The highest BCUT2D eigenvalue weighted by molar-refractivity contribution is 6.12. The summed E-state index contributed by atoms with van der Waals surface area (Å²) in [6.07, 6.45) is 0.639. The Kier molecular flexibility index (Phi) is 9.47. The minimum atomic E-state index is -0.544. The fraction of sp³-hybridized carbons (Fsp3) is 0.212. The third-order valence-corrected chi connectivity index (χ3v) is 5.93. The lowest BCUT2D eigenvalue weighted by molar-refractivity contribution is -0.152. The lowest BCUT2D eigenvalue weighted by atomic mass is 10.0. The summed E-state index contributed by atoms with van der Waals surface area (Å²) in [5.74, 6) is -0.391. The zero-order valence-corrected chi connectivity index (χ0v) is 23.3. The van der Waals surface area contributed by atoms with Crippen molar-refractivity contribution >= 4 is 29.2 Å². The topological polar surface area (TPSA) is 107 Å². The van der Waals surface area contributed by atoms with Gasteiger partial charge in [0, 0.05) is 16.7 Å². The summed E-state index contributed by atoms with van der Waals surface area (Å²) in [5.41, 5.74) is 6.11. The lowest BCUT2D eigenvalue weighted by Crippen LogP contribution is -2.28. The Labute approximate surface area is 239 Å². The van der Waals surface area contributed by atoms with Gasteiger partial charge >= 0.3 is 11.9 Å². The summed E-state index contributed by atoms with van der Waals surface area (Å²) in [7, 11) is 0. The Balaban J connectivity index is 1.28. The molecule has 0 radical (unpaired) electrons. The minimum absolute atomic E-state index is 0.0204. The highest BCUT2D eigenvalue weighted by Crippen LogP contribution is 2.21. The zero-order valence-electron chi connectivity index (χ0n) is 23.3. The van der Waals surface area contributed by atoms with Gasteiger partial charge in [-0.1, -0.05) is 72.8 Å². The van der Waals surface area contributed by atoms with Crippen molar-refractivity contribution in [2.45, 2.75) is 39.2 Å². The van der Waals surface area contributed by atoms with E-state index in [1.807, 2.05) is 63.2 Å². The Hall–Kier alpha value is -4.98. The predicted molar refractivity (Wildman–Crippen MR) is 158 cm³/mol. The van der Waals surface area contributed by atoms with Crippen molar-refractivity contribution < 1.29 is 24.0 Å². The number of ether oxygens (including phenoxy) is 1. The number of carbonyl (C=O) groups is 3. The van der Waals surface area contributed by atoms with E-state index in [1.165, 1.54) is 0 Å². The summed E-state index contributed by atoms with van der Waals surface area (Å²) in [6, 6.07) is 29.1. The molecule has 0 spiro atoms. The summed E-state index contributed by atoms with van der Waals surface area (Å²) in [4.78, 5) is 47.1. The van der Waals surface area contributed by atoms with Gasteiger partial charge in [0.25, 0.3) is 0 Å². The largest absolute Gasteiger partial charge is 0.459 e. The number of nitrogens with one attached hydrogen (secondary N) is 2. The van der Waals surface area contributed by atoms with Gasteiger partial charge in [-0.2, -0.15) is 0 Å². The highest BCUT2D eigenvalue weighted by atomic mass is 16.7. The molecule has 0 aliphatic rings. The number of hydrogen-bond acceptors (Lipinski definition) is 8. The van der Waals surface area contributed by atoms with Gasteiger partial charge in [-0.15, -0.1) is 0 Å². The smallest absolute Gasteiger partial charge is 0.332 e. The molecule has 0 saturated heterocycles. The van der Waals surface area contributed by atoms with E-state index in [2.05, 4.69) is 15.8 Å². The van der Waals surface area contributed by atoms with E-state index in [1.54, 1.807) is 54.6 Å². The van der Waals surface area contributed by atoms with E-state index in [0.717, 1.165) is 16.8 Å². The summed E-state index contributed by atoms with van der Waals surface area (Å²) < 4.78 is 5.32. The molecule has 2 N–H and O–H groups in total. The molecule has 1 heterocycles. The van der Waals surface area contributed by atoms with Gasteiger partial charge in [0.1, 0.15) is 18.0 Å². The summed E-state index contributed by atoms with van der Waals surface area (Å²) in [5, 5.41) is 3.00. The monoisotopic (exact) mass is 551 g/mol. The number of carbonyl (C=O) groups excluding carboxylic acids is 3. The molecule has 4 aromatic rings. The maximum absolute atomic E-state index is 12.9. The quantitative estimate of drug-likeness (QED) is 0.128. The van der Waals surface area contributed by atoms with Gasteiger partial charge in [0.2, 0.25) is 0 Å². The van der Waals surface area contributed by atoms with Crippen LogP contribution in [0.5, 0.6) is 0 Å². The molecule has 0 aliphatic carbocycles. The van der Waals surface area contributed by atoms with Gasteiger partial charge in [-0.05, 0) is 57.0 Å². The zero-order chi connectivity index (χ0) is 29.2. The van der Waals surface area contributed by atoms with Crippen LogP contribution < -0.4 is 10.8 Å². The molecule has 210 valence electrons. The van der Waals surface area contributed by atoms with Gasteiger partial charge in [-0.3, -0.25) is 9.59 Å². The average Bonchev–Trinajstić information content (AvgIpc) is 2.98. The number of rotatable bonds is 11. The van der Waals surface area contributed by atoms with E-state index in [0.29, 0.717) is 29.1 Å². The number of aromatic nitrogens is 1. The molecule has 8 nitrogen and oxygen atoms in total. The molecule has 0 fully saturated rings. The number of para-hydroxylation sites is 1. The standard InChI is InChI=1S/C33H33N3O5/c1-33(2,3)40-31(38)22-34-29-15-9-14-27(35-29)24-19-16-23(17-20-24)18-21-30(37)41-36-28-13-8-7-12-26(28)32(39)25-10-5-4-6-11-25/h4-17,19-20,36H,18,21-22H2,1-3H3,(H,34,35). The van der Waals surface area contributed by atoms with Crippen LogP contribution in [0.15, 0.2) is 97.1 Å². The fourth-order valence-electron chi connectivity index (χ4n) is 4.00. The van der Waals surface area contributed by atoms with E-state index in [4.69, 9.17) is 9.57 Å². The number of ketones is 1. The van der Waals surface area contributed by atoms with Gasteiger partial charge < -0.3 is 14.9 Å². The number of nitrogens with zero attached hydrogens (tertiary/aromatic N) is 1. The van der Waals surface area contributed by atoms with Gasteiger partial charge in [-0.25, -0.2) is 15.3 Å². The van der Waals surface area contributed by atoms with Crippen molar-refractivity contribution in [1.82, 2.24) is 4.98 Å². The van der Waals surface area contributed by atoms with Crippen LogP contribution in [0.1, 0.15) is 48.7 Å². The second kappa shape index (κ2) is 13.4. The van der Waals surface area contributed by atoms with Crippen molar-refractivity contribution in [2.75, 3.05) is 17.3 Å². The molecule has 0 saturated carbocycles. The fourth-order valence-corrected chi connectivity index (χ4v) is 4.00. The molecule has 1 aromatic heterocycles. The second-order valence-corrected chi connectivity index (χ2v) is 10.4. The van der Waals surface area contributed by atoms with E-state index in [9.17, 15) is 14.4 Å². The molecule has 0 amide bonds.